The van der Waals surface area contributed by atoms with Gasteiger partial charge in [-0.25, -0.2) is 4.79 Å². The zero-order valence-electron chi connectivity index (χ0n) is 21.7. The fourth-order valence-corrected chi connectivity index (χ4v) is 3.85. The molecule has 0 saturated heterocycles. The Balaban J connectivity index is 4.16. The van der Waals surface area contributed by atoms with E-state index in [9.17, 15) is 9.59 Å². The molecule has 0 spiro atoms. The Bertz CT molecular complexity index is 501. The standard InChI is InChI=1S/C26H52N2O4/c1-6-8-9-10-11-12-13-14-15-16-17-18-19-20-21-22(23(29)31-7-2)26(27,28)24(30)32-25(3,4)5/h22H,6-21,27-28H2,1-5H3. The predicted molar refractivity (Wildman–Crippen MR) is 132 cm³/mol. The van der Waals surface area contributed by atoms with E-state index in [4.69, 9.17) is 20.9 Å². The quantitative estimate of drug-likeness (QED) is 0.140. The second-order valence-corrected chi connectivity index (χ2v) is 10.1. The summed E-state index contributed by atoms with van der Waals surface area (Å²) in [6, 6.07) is 0. The molecule has 0 rings (SSSR count). The van der Waals surface area contributed by atoms with Crippen molar-refractivity contribution in [1.29, 1.82) is 0 Å². The molecule has 4 N–H and O–H groups in total. The van der Waals surface area contributed by atoms with Crippen molar-refractivity contribution >= 4 is 11.9 Å². The van der Waals surface area contributed by atoms with E-state index < -0.39 is 29.1 Å². The van der Waals surface area contributed by atoms with Crippen LogP contribution in [-0.4, -0.2) is 29.8 Å². The minimum Gasteiger partial charge on any atom is -0.466 e. The molecule has 0 aliphatic rings. The van der Waals surface area contributed by atoms with Crippen molar-refractivity contribution in [3.8, 4) is 0 Å². The number of esters is 2. The number of nitrogens with two attached hydrogens (primary N) is 2. The van der Waals surface area contributed by atoms with Crippen LogP contribution in [0.2, 0.25) is 0 Å². The summed E-state index contributed by atoms with van der Waals surface area (Å²) in [5.41, 5.74) is 9.58. The van der Waals surface area contributed by atoms with Crippen LogP contribution in [0.25, 0.3) is 0 Å². The first kappa shape index (κ1) is 30.9. The van der Waals surface area contributed by atoms with Crippen LogP contribution in [0.15, 0.2) is 0 Å². The highest BCUT2D eigenvalue weighted by atomic mass is 16.6. The molecule has 0 aromatic rings. The van der Waals surface area contributed by atoms with Crippen LogP contribution in [0.1, 0.15) is 131 Å². The Morgan fingerprint density at radius 3 is 1.50 bits per heavy atom. The molecule has 0 amide bonds. The lowest BCUT2D eigenvalue weighted by atomic mass is 9.88. The Labute approximate surface area is 197 Å². The van der Waals surface area contributed by atoms with Gasteiger partial charge in [0.1, 0.15) is 5.60 Å². The van der Waals surface area contributed by atoms with Crippen LogP contribution < -0.4 is 11.5 Å². The van der Waals surface area contributed by atoms with Gasteiger partial charge in [-0.15, -0.1) is 0 Å². The summed E-state index contributed by atoms with van der Waals surface area (Å²) in [6.07, 6.45) is 18.0. The lowest BCUT2D eigenvalue weighted by Gasteiger charge is -2.33. The number of ether oxygens (including phenoxy) is 2. The minimum absolute atomic E-state index is 0.221. The fourth-order valence-electron chi connectivity index (χ4n) is 3.85. The lowest BCUT2D eigenvalue weighted by Crippen LogP contribution is -2.65. The van der Waals surface area contributed by atoms with Crippen LogP contribution in [0, 0.1) is 5.92 Å². The first-order valence-electron chi connectivity index (χ1n) is 13.0. The van der Waals surface area contributed by atoms with Gasteiger partial charge in [0.15, 0.2) is 5.66 Å². The molecule has 190 valence electrons. The summed E-state index contributed by atoms with van der Waals surface area (Å²) in [4.78, 5) is 24.9. The van der Waals surface area contributed by atoms with Gasteiger partial charge in [0.2, 0.25) is 0 Å². The van der Waals surface area contributed by atoms with Crippen molar-refractivity contribution < 1.29 is 19.1 Å². The minimum atomic E-state index is -1.89. The van der Waals surface area contributed by atoms with Gasteiger partial charge in [0.05, 0.1) is 12.5 Å². The van der Waals surface area contributed by atoms with E-state index in [0.717, 1.165) is 19.3 Å². The Kier molecular flexibility index (Phi) is 16.7. The SMILES string of the molecule is CCCCCCCCCCCCCCCCC(C(=O)OCC)C(N)(N)C(=O)OC(C)(C)C. The summed E-state index contributed by atoms with van der Waals surface area (Å²) >= 11 is 0. The predicted octanol–water partition coefficient (Wildman–Crippen LogP) is 5.99. The highest BCUT2D eigenvalue weighted by Crippen LogP contribution is 2.24. The number of carbonyl (C=O) groups is 2. The first-order valence-corrected chi connectivity index (χ1v) is 13.0. The van der Waals surface area contributed by atoms with E-state index >= 15 is 0 Å². The highest BCUT2D eigenvalue weighted by molar-refractivity contribution is 5.88. The molecule has 1 atom stereocenters. The summed E-state index contributed by atoms with van der Waals surface area (Å²) in [5.74, 6) is -2.21. The monoisotopic (exact) mass is 456 g/mol. The van der Waals surface area contributed by atoms with Gasteiger partial charge in [0.25, 0.3) is 0 Å². The zero-order chi connectivity index (χ0) is 24.5. The van der Waals surface area contributed by atoms with Crippen molar-refractivity contribution in [3.05, 3.63) is 0 Å². The van der Waals surface area contributed by atoms with Crippen molar-refractivity contribution in [2.24, 2.45) is 17.4 Å². The molecule has 6 nitrogen and oxygen atoms in total. The molecule has 6 heteroatoms. The van der Waals surface area contributed by atoms with Gasteiger partial charge in [-0.3, -0.25) is 4.79 Å². The van der Waals surface area contributed by atoms with E-state index in [2.05, 4.69) is 6.92 Å². The molecule has 0 aliphatic heterocycles. The summed E-state index contributed by atoms with van der Waals surface area (Å²) in [7, 11) is 0. The molecule has 1 unspecified atom stereocenters. The molecular weight excluding hydrogens is 404 g/mol. The Hall–Kier alpha value is -1.14. The van der Waals surface area contributed by atoms with Gasteiger partial charge in [-0.05, 0) is 34.1 Å². The van der Waals surface area contributed by atoms with Gasteiger partial charge >= 0.3 is 11.9 Å². The average molecular weight is 457 g/mol. The largest absolute Gasteiger partial charge is 0.466 e. The van der Waals surface area contributed by atoms with Gasteiger partial charge < -0.3 is 20.9 Å². The molecule has 0 saturated carbocycles. The average Bonchev–Trinajstić information content (AvgIpc) is 2.69. The van der Waals surface area contributed by atoms with Crippen molar-refractivity contribution in [1.82, 2.24) is 0 Å². The molecule has 0 aliphatic carbocycles. The highest BCUT2D eigenvalue weighted by Gasteiger charge is 2.46. The van der Waals surface area contributed by atoms with Crippen molar-refractivity contribution in [2.45, 2.75) is 142 Å². The third kappa shape index (κ3) is 14.8. The summed E-state index contributed by atoms with van der Waals surface area (Å²) in [6.45, 7) is 9.43. The fraction of sp³-hybridized carbons (Fsp3) is 0.923. The molecule has 0 aromatic heterocycles. The second kappa shape index (κ2) is 17.4. The normalized spacial score (nSPS) is 13.1. The van der Waals surface area contributed by atoms with Gasteiger partial charge in [-0.1, -0.05) is 96.8 Å². The number of hydrogen-bond donors (Lipinski definition) is 2. The van der Waals surface area contributed by atoms with Crippen molar-refractivity contribution in [2.75, 3.05) is 6.61 Å². The Morgan fingerprint density at radius 2 is 1.12 bits per heavy atom. The Morgan fingerprint density at radius 1 is 0.719 bits per heavy atom. The van der Waals surface area contributed by atoms with Crippen LogP contribution >= 0.6 is 0 Å². The van der Waals surface area contributed by atoms with E-state index in [1.165, 1.54) is 70.6 Å². The molecule has 0 bridgehead atoms. The number of carbonyl (C=O) groups excluding carboxylic acids is 2. The van der Waals surface area contributed by atoms with E-state index in [-0.39, 0.29) is 6.61 Å². The van der Waals surface area contributed by atoms with Crippen LogP contribution in [0.5, 0.6) is 0 Å². The summed E-state index contributed by atoms with van der Waals surface area (Å²) in [5, 5.41) is 0. The van der Waals surface area contributed by atoms with Crippen molar-refractivity contribution in [3.63, 3.8) is 0 Å². The molecule has 0 fully saturated rings. The number of rotatable bonds is 19. The molecule has 0 aromatic carbocycles. The topological polar surface area (TPSA) is 105 Å². The van der Waals surface area contributed by atoms with Crippen LogP contribution in [-0.2, 0) is 19.1 Å². The first-order chi connectivity index (χ1) is 15.1. The third-order valence-electron chi connectivity index (χ3n) is 5.75. The van der Waals surface area contributed by atoms with E-state index in [1.807, 2.05) is 0 Å². The van der Waals surface area contributed by atoms with Crippen LogP contribution in [0.4, 0.5) is 0 Å². The number of hydrogen-bond acceptors (Lipinski definition) is 6. The molecule has 32 heavy (non-hydrogen) atoms. The molecular formula is C26H52N2O4. The van der Waals surface area contributed by atoms with E-state index in [1.54, 1.807) is 27.7 Å². The van der Waals surface area contributed by atoms with Crippen LogP contribution in [0.3, 0.4) is 0 Å². The lowest BCUT2D eigenvalue weighted by molar-refractivity contribution is -0.170. The van der Waals surface area contributed by atoms with Gasteiger partial charge in [0, 0.05) is 0 Å². The second-order valence-electron chi connectivity index (χ2n) is 10.1. The van der Waals surface area contributed by atoms with E-state index in [0.29, 0.717) is 6.42 Å². The zero-order valence-corrected chi connectivity index (χ0v) is 21.7. The maximum atomic E-state index is 12.5. The maximum Gasteiger partial charge on any atom is 0.342 e. The number of unbranched alkanes of at least 4 members (excludes halogenated alkanes) is 13. The smallest absolute Gasteiger partial charge is 0.342 e. The third-order valence-corrected chi connectivity index (χ3v) is 5.75. The molecule has 0 heterocycles. The molecule has 0 radical (unpaired) electrons. The summed E-state index contributed by atoms with van der Waals surface area (Å²) < 4.78 is 10.5. The maximum absolute atomic E-state index is 12.5. The van der Waals surface area contributed by atoms with Gasteiger partial charge in [-0.2, -0.15) is 0 Å².